The molecule has 120 valence electrons. The average Bonchev–Trinajstić information content (AvgIpc) is 2.83. The van der Waals surface area contributed by atoms with Gasteiger partial charge in [-0.1, -0.05) is 13.8 Å². The Morgan fingerprint density at radius 2 is 2.10 bits per heavy atom. The molecule has 1 aromatic heterocycles. The number of aromatic amines is 1. The standard InChI is InChI=1S/C16H29N3O2/c1-12(2)9-14(18-10-13-7-6-8-17-13)11-19-15(20)21-16(3,4)5/h6-8,12,14,17-18H,9-11H2,1-5H3,(H,19,20). The van der Waals surface area contributed by atoms with Crippen LogP contribution in [0, 0.1) is 5.92 Å². The second-order valence-electron chi connectivity index (χ2n) is 6.79. The molecule has 1 unspecified atom stereocenters. The number of hydrogen-bond donors (Lipinski definition) is 3. The molecule has 21 heavy (non-hydrogen) atoms. The smallest absolute Gasteiger partial charge is 0.407 e. The third kappa shape index (κ3) is 8.40. The summed E-state index contributed by atoms with van der Waals surface area (Å²) in [7, 11) is 0. The van der Waals surface area contributed by atoms with Crippen molar-refractivity contribution in [2.75, 3.05) is 6.54 Å². The molecule has 1 heterocycles. The first kappa shape index (κ1) is 17.6. The molecule has 0 saturated carbocycles. The average molecular weight is 295 g/mol. The van der Waals surface area contributed by atoms with Crippen LogP contribution in [0.3, 0.4) is 0 Å². The highest BCUT2D eigenvalue weighted by molar-refractivity contribution is 5.67. The van der Waals surface area contributed by atoms with E-state index in [1.54, 1.807) is 0 Å². The largest absolute Gasteiger partial charge is 0.444 e. The van der Waals surface area contributed by atoms with Gasteiger partial charge in [-0.25, -0.2) is 4.79 Å². The molecule has 0 aliphatic rings. The van der Waals surface area contributed by atoms with Crippen molar-refractivity contribution in [3.63, 3.8) is 0 Å². The molecule has 0 radical (unpaired) electrons. The highest BCUT2D eigenvalue weighted by Gasteiger charge is 2.18. The maximum Gasteiger partial charge on any atom is 0.407 e. The molecule has 5 heteroatoms. The zero-order valence-corrected chi connectivity index (χ0v) is 13.8. The number of aromatic nitrogens is 1. The minimum absolute atomic E-state index is 0.223. The highest BCUT2D eigenvalue weighted by atomic mass is 16.6. The minimum atomic E-state index is -0.463. The number of carbonyl (C=O) groups is 1. The summed E-state index contributed by atoms with van der Waals surface area (Å²) in [6.45, 7) is 11.3. The van der Waals surface area contributed by atoms with E-state index in [1.165, 1.54) is 0 Å². The Morgan fingerprint density at radius 1 is 1.38 bits per heavy atom. The molecular formula is C16H29N3O2. The van der Waals surface area contributed by atoms with Gasteiger partial charge in [-0.3, -0.25) is 0 Å². The Bertz CT molecular complexity index is 408. The molecule has 0 aliphatic carbocycles. The summed E-state index contributed by atoms with van der Waals surface area (Å²) in [6, 6.07) is 4.24. The van der Waals surface area contributed by atoms with Crippen molar-refractivity contribution in [3.8, 4) is 0 Å². The van der Waals surface area contributed by atoms with Crippen LogP contribution >= 0.6 is 0 Å². The monoisotopic (exact) mass is 295 g/mol. The Morgan fingerprint density at radius 3 is 2.62 bits per heavy atom. The van der Waals surface area contributed by atoms with Gasteiger partial charge < -0.3 is 20.4 Å². The summed E-state index contributed by atoms with van der Waals surface area (Å²) in [6.07, 6.45) is 2.54. The van der Waals surface area contributed by atoms with E-state index in [4.69, 9.17) is 4.74 Å². The van der Waals surface area contributed by atoms with Crippen LogP contribution in [0.25, 0.3) is 0 Å². The fourth-order valence-corrected chi connectivity index (χ4v) is 2.06. The molecule has 0 spiro atoms. The Balaban J connectivity index is 2.40. The van der Waals surface area contributed by atoms with Crippen molar-refractivity contribution in [1.29, 1.82) is 0 Å². The molecule has 0 aliphatic heterocycles. The quantitative estimate of drug-likeness (QED) is 0.724. The molecule has 0 bridgehead atoms. The number of hydrogen-bond acceptors (Lipinski definition) is 3. The maximum absolute atomic E-state index is 11.7. The summed E-state index contributed by atoms with van der Waals surface area (Å²) in [4.78, 5) is 14.9. The van der Waals surface area contributed by atoms with Gasteiger partial charge in [-0.2, -0.15) is 0 Å². The van der Waals surface area contributed by atoms with Gasteiger partial charge in [0, 0.05) is 31.0 Å². The molecule has 0 fully saturated rings. The van der Waals surface area contributed by atoms with E-state index in [0.717, 1.165) is 18.7 Å². The van der Waals surface area contributed by atoms with Crippen molar-refractivity contribution < 1.29 is 9.53 Å². The summed E-state index contributed by atoms with van der Waals surface area (Å²) in [5.41, 5.74) is 0.677. The van der Waals surface area contributed by atoms with Gasteiger partial charge in [0.15, 0.2) is 0 Å². The Hall–Kier alpha value is -1.49. The SMILES string of the molecule is CC(C)CC(CNC(=O)OC(C)(C)C)NCc1ccc[nH]1. The number of H-pyrrole nitrogens is 1. The summed E-state index contributed by atoms with van der Waals surface area (Å²) in [5.74, 6) is 0.562. The van der Waals surface area contributed by atoms with Crippen LogP contribution in [0.5, 0.6) is 0 Å². The summed E-state index contributed by atoms with van der Waals surface area (Å²) in [5, 5.41) is 6.31. The third-order valence-electron chi connectivity index (χ3n) is 2.89. The van der Waals surface area contributed by atoms with E-state index in [0.29, 0.717) is 12.5 Å². The van der Waals surface area contributed by atoms with Crippen LogP contribution < -0.4 is 10.6 Å². The number of carbonyl (C=O) groups excluding carboxylic acids is 1. The molecule has 1 atom stereocenters. The fourth-order valence-electron chi connectivity index (χ4n) is 2.06. The Kier molecular flexibility index (Phi) is 6.75. The maximum atomic E-state index is 11.7. The van der Waals surface area contributed by atoms with Gasteiger partial charge in [-0.15, -0.1) is 0 Å². The number of amides is 1. The molecule has 1 amide bonds. The zero-order chi connectivity index (χ0) is 15.9. The van der Waals surface area contributed by atoms with Crippen LogP contribution in [0.15, 0.2) is 18.3 Å². The predicted octanol–water partition coefficient (Wildman–Crippen LogP) is 3.04. The first-order chi connectivity index (χ1) is 9.76. The third-order valence-corrected chi connectivity index (χ3v) is 2.89. The summed E-state index contributed by atoms with van der Waals surface area (Å²) < 4.78 is 5.26. The fraction of sp³-hybridized carbons (Fsp3) is 0.688. The van der Waals surface area contributed by atoms with Crippen molar-refractivity contribution in [2.24, 2.45) is 5.92 Å². The van der Waals surface area contributed by atoms with Crippen LogP contribution in [0.2, 0.25) is 0 Å². The lowest BCUT2D eigenvalue weighted by molar-refractivity contribution is 0.0521. The van der Waals surface area contributed by atoms with Crippen LogP contribution in [0.1, 0.15) is 46.7 Å². The molecule has 0 aromatic carbocycles. The lowest BCUT2D eigenvalue weighted by Gasteiger charge is -2.23. The van der Waals surface area contributed by atoms with E-state index in [1.807, 2.05) is 39.1 Å². The van der Waals surface area contributed by atoms with Gasteiger partial charge in [0.25, 0.3) is 0 Å². The minimum Gasteiger partial charge on any atom is -0.444 e. The Labute approximate surface area is 127 Å². The molecular weight excluding hydrogens is 266 g/mol. The normalized spacial score (nSPS) is 13.2. The highest BCUT2D eigenvalue weighted by Crippen LogP contribution is 2.08. The van der Waals surface area contributed by atoms with Crippen LogP contribution in [0.4, 0.5) is 4.79 Å². The van der Waals surface area contributed by atoms with Gasteiger partial charge in [0.05, 0.1) is 0 Å². The first-order valence-corrected chi connectivity index (χ1v) is 7.59. The molecule has 3 N–H and O–H groups in total. The van der Waals surface area contributed by atoms with E-state index < -0.39 is 5.60 Å². The van der Waals surface area contributed by atoms with Gasteiger partial charge in [-0.05, 0) is 45.2 Å². The van der Waals surface area contributed by atoms with E-state index in [-0.39, 0.29) is 12.1 Å². The topological polar surface area (TPSA) is 66.2 Å². The number of alkyl carbamates (subject to hydrolysis) is 1. The molecule has 1 aromatic rings. The number of ether oxygens (including phenoxy) is 1. The van der Waals surface area contributed by atoms with E-state index in [9.17, 15) is 4.79 Å². The van der Waals surface area contributed by atoms with Gasteiger partial charge >= 0.3 is 6.09 Å². The summed E-state index contributed by atoms with van der Waals surface area (Å²) >= 11 is 0. The van der Waals surface area contributed by atoms with Crippen LogP contribution in [-0.2, 0) is 11.3 Å². The zero-order valence-electron chi connectivity index (χ0n) is 13.8. The van der Waals surface area contributed by atoms with Crippen molar-refractivity contribution >= 4 is 6.09 Å². The van der Waals surface area contributed by atoms with Crippen molar-refractivity contribution in [3.05, 3.63) is 24.0 Å². The van der Waals surface area contributed by atoms with Crippen LogP contribution in [-0.4, -0.2) is 29.3 Å². The van der Waals surface area contributed by atoms with Crippen molar-refractivity contribution in [2.45, 2.75) is 59.2 Å². The van der Waals surface area contributed by atoms with Crippen molar-refractivity contribution in [1.82, 2.24) is 15.6 Å². The predicted molar refractivity (Wildman–Crippen MR) is 85.1 cm³/mol. The molecule has 1 rings (SSSR count). The van der Waals surface area contributed by atoms with E-state index >= 15 is 0 Å². The lowest BCUT2D eigenvalue weighted by atomic mass is 10.0. The second kappa shape index (κ2) is 8.08. The van der Waals surface area contributed by atoms with Gasteiger partial charge in [0.2, 0.25) is 0 Å². The molecule has 5 nitrogen and oxygen atoms in total. The first-order valence-electron chi connectivity index (χ1n) is 7.59. The van der Waals surface area contributed by atoms with Gasteiger partial charge in [0.1, 0.15) is 5.60 Å². The number of nitrogens with one attached hydrogen (secondary N) is 3. The molecule has 0 saturated heterocycles. The lowest BCUT2D eigenvalue weighted by Crippen LogP contribution is -2.43. The number of rotatable bonds is 7. The second-order valence-corrected chi connectivity index (χ2v) is 6.79. The van der Waals surface area contributed by atoms with E-state index in [2.05, 4.69) is 29.5 Å².